The maximum atomic E-state index is 9.70. The highest BCUT2D eigenvalue weighted by molar-refractivity contribution is 7.10. The molecule has 0 aliphatic rings. The van der Waals surface area contributed by atoms with Crippen LogP contribution in [0.3, 0.4) is 0 Å². The van der Waals surface area contributed by atoms with E-state index in [1.165, 1.54) is 17.4 Å². The van der Waals surface area contributed by atoms with Gasteiger partial charge in [0.25, 0.3) is 0 Å². The Bertz CT molecular complexity index is 330. The van der Waals surface area contributed by atoms with Crippen molar-refractivity contribution < 1.29 is 4.79 Å². The number of carbonyl (C=O) groups excluding carboxylic acids is 1. The molecule has 1 aromatic rings. The van der Waals surface area contributed by atoms with Crippen LogP contribution in [0.1, 0.15) is 10.4 Å². The molecule has 11 heavy (non-hydrogen) atoms. The lowest BCUT2D eigenvalue weighted by atomic mass is 10.3. The Morgan fingerprint density at radius 1 is 1.73 bits per heavy atom. The summed E-state index contributed by atoms with van der Waals surface area (Å²) >= 11 is 1.42. The molecule has 0 aliphatic carbocycles. The van der Waals surface area contributed by atoms with Gasteiger partial charge in [0, 0.05) is 10.3 Å². The van der Waals surface area contributed by atoms with E-state index in [4.69, 9.17) is 5.26 Å². The third kappa shape index (κ3) is 2.01. The molecule has 1 heterocycles. The Balaban J connectivity index is 2.74. The van der Waals surface area contributed by atoms with Crippen LogP contribution in [0.15, 0.2) is 16.4 Å². The normalized spacial score (nSPS) is 8.27. The summed E-state index contributed by atoms with van der Waals surface area (Å²) < 4.78 is 0. The second kappa shape index (κ2) is 3.67. The first-order valence-electron chi connectivity index (χ1n) is 2.88. The minimum atomic E-state index is 0.329. The second-order valence-corrected chi connectivity index (χ2v) is 2.82. The molecule has 0 amide bonds. The molecule has 0 saturated carbocycles. The first-order valence-corrected chi connectivity index (χ1v) is 3.76. The van der Waals surface area contributed by atoms with Gasteiger partial charge in [-0.2, -0.15) is 5.26 Å². The quantitative estimate of drug-likeness (QED) is 0.490. The van der Waals surface area contributed by atoms with Crippen LogP contribution >= 0.6 is 11.3 Å². The van der Waals surface area contributed by atoms with E-state index in [0.717, 1.165) is 4.88 Å². The van der Waals surface area contributed by atoms with Gasteiger partial charge in [0.2, 0.25) is 6.08 Å². The molecule has 0 N–H and O–H groups in total. The van der Waals surface area contributed by atoms with E-state index in [2.05, 4.69) is 4.99 Å². The third-order valence-electron chi connectivity index (χ3n) is 1.08. The van der Waals surface area contributed by atoms with Gasteiger partial charge in [-0.25, -0.2) is 9.79 Å². The number of thiophene rings is 1. The fourth-order valence-electron chi connectivity index (χ4n) is 0.632. The summed E-state index contributed by atoms with van der Waals surface area (Å²) in [6, 6.07) is 3.71. The van der Waals surface area contributed by atoms with Crippen molar-refractivity contribution in [3.05, 3.63) is 21.9 Å². The van der Waals surface area contributed by atoms with Gasteiger partial charge >= 0.3 is 0 Å². The molecule has 0 radical (unpaired) electrons. The number of hydrogen-bond acceptors (Lipinski definition) is 4. The van der Waals surface area contributed by atoms with Crippen molar-refractivity contribution in [1.29, 1.82) is 5.26 Å². The average Bonchev–Trinajstić information content (AvgIpc) is 2.48. The minimum absolute atomic E-state index is 0.329. The standard InChI is InChI=1S/C7H4N2OS/c8-2-6-1-7(11-4-6)3-9-5-10/h1,4H,3H2. The Labute approximate surface area is 67.6 Å². The Morgan fingerprint density at radius 2 is 2.55 bits per heavy atom. The van der Waals surface area contributed by atoms with Gasteiger partial charge in [-0.15, -0.1) is 11.3 Å². The minimum Gasteiger partial charge on any atom is -0.211 e. The Hall–Kier alpha value is -1.43. The van der Waals surface area contributed by atoms with Crippen LogP contribution in [-0.4, -0.2) is 6.08 Å². The number of rotatable bonds is 2. The molecule has 4 heteroatoms. The van der Waals surface area contributed by atoms with Crippen molar-refractivity contribution in [2.75, 3.05) is 0 Å². The van der Waals surface area contributed by atoms with Crippen LogP contribution in [0.25, 0.3) is 0 Å². The summed E-state index contributed by atoms with van der Waals surface area (Å²) in [7, 11) is 0. The fraction of sp³-hybridized carbons (Fsp3) is 0.143. The topological polar surface area (TPSA) is 53.2 Å². The predicted molar refractivity (Wildman–Crippen MR) is 40.9 cm³/mol. The molecule has 0 fully saturated rings. The largest absolute Gasteiger partial charge is 0.235 e. The first-order chi connectivity index (χ1) is 5.36. The molecular weight excluding hydrogens is 160 g/mol. The highest BCUT2D eigenvalue weighted by Gasteiger charge is 1.96. The summed E-state index contributed by atoms with van der Waals surface area (Å²) in [6.45, 7) is 0.329. The van der Waals surface area contributed by atoms with Crippen molar-refractivity contribution in [3.8, 4) is 6.07 Å². The second-order valence-electron chi connectivity index (χ2n) is 1.82. The molecule has 0 unspecified atom stereocenters. The molecule has 0 spiro atoms. The summed E-state index contributed by atoms with van der Waals surface area (Å²) in [6.07, 6.45) is 1.44. The van der Waals surface area contributed by atoms with E-state index >= 15 is 0 Å². The monoisotopic (exact) mass is 164 g/mol. The molecule has 0 saturated heterocycles. The number of hydrogen-bond donors (Lipinski definition) is 0. The van der Waals surface area contributed by atoms with E-state index in [1.807, 2.05) is 6.07 Å². The van der Waals surface area contributed by atoms with Crippen molar-refractivity contribution in [2.24, 2.45) is 4.99 Å². The maximum absolute atomic E-state index is 9.70. The number of isocyanates is 1. The van der Waals surface area contributed by atoms with Gasteiger partial charge in [-0.3, -0.25) is 0 Å². The molecule has 1 rings (SSSR count). The summed E-state index contributed by atoms with van der Waals surface area (Å²) in [4.78, 5) is 14.0. The lowest BCUT2D eigenvalue weighted by molar-refractivity contribution is 0.563. The molecule has 0 aliphatic heterocycles. The van der Waals surface area contributed by atoms with Crippen LogP contribution < -0.4 is 0 Å². The first kappa shape index (κ1) is 7.67. The van der Waals surface area contributed by atoms with E-state index in [1.54, 1.807) is 11.4 Å². The van der Waals surface area contributed by atoms with Crippen LogP contribution in [0.4, 0.5) is 0 Å². The Morgan fingerprint density at radius 3 is 3.09 bits per heavy atom. The van der Waals surface area contributed by atoms with Crippen molar-refractivity contribution in [2.45, 2.75) is 6.54 Å². The van der Waals surface area contributed by atoms with Crippen molar-refractivity contribution in [3.63, 3.8) is 0 Å². The molecule has 54 valence electrons. The van der Waals surface area contributed by atoms with Gasteiger partial charge in [0.05, 0.1) is 12.1 Å². The third-order valence-corrected chi connectivity index (χ3v) is 2.00. The molecule has 0 bridgehead atoms. The summed E-state index contributed by atoms with van der Waals surface area (Å²) in [5.41, 5.74) is 0.617. The Kier molecular flexibility index (Phi) is 2.56. The number of nitriles is 1. The lowest BCUT2D eigenvalue weighted by Crippen LogP contribution is -1.71. The average molecular weight is 164 g/mol. The van der Waals surface area contributed by atoms with Gasteiger partial charge in [0.15, 0.2) is 0 Å². The summed E-state index contributed by atoms with van der Waals surface area (Å²) in [5.74, 6) is 0. The zero-order valence-electron chi connectivity index (χ0n) is 5.57. The van der Waals surface area contributed by atoms with Gasteiger partial charge in [-0.1, -0.05) is 0 Å². The van der Waals surface area contributed by atoms with Crippen molar-refractivity contribution in [1.82, 2.24) is 0 Å². The summed E-state index contributed by atoms with van der Waals surface area (Å²) in [5, 5.41) is 10.2. The van der Waals surface area contributed by atoms with E-state index in [-0.39, 0.29) is 0 Å². The van der Waals surface area contributed by atoms with E-state index < -0.39 is 0 Å². The molecule has 0 atom stereocenters. The molecule has 0 aromatic carbocycles. The van der Waals surface area contributed by atoms with E-state index in [0.29, 0.717) is 12.1 Å². The molecule has 3 nitrogen and oxygen atoms in total. The zero-order valence-corrected chi connectivity index (χ0v) is 6.39. The predicted octanol–water partition coefficient (Wildman–Crippen LogP) is 1.46. The van der Waals surface area contributed by atoms with Gasteiger partial charge < -0.3 is 0 Å². The number of aliphatic imine (C=N–C) groups is 1. The molecular formula is C7H4N2OS. The lowest BCUT2D eigenvalue weighted by Gasteiger charge is -1.80. The SMILES string of the molecule is N#Cc1csc(CN=C=O)c1. The molecule has 1 aromatic heterocycles. The van der Waals surface area contributed by atoms with Gasteiger partial charge in [-0.05, 0) is 6.07 Å². The fourth-order valence-corrected chi connectivity index (χ4v) is 1.37. The maximum Gasteiger partial charge on any atom is 0.235 e. The van der Waals surface area contributed by atoms with Crippen LogP contribution in [-0.2, 0) is 11.3 Å². The highest BCUT2D eigenvalue weighted by atomic mass is 32.1. The van der Waals surface area contributed by atoms with Crippen LogP contribution in [0.2, 0.25) is 0 Å². The van der Waals surface area contributed by atoms with Crippen LogP contribution in [0.5, 0.6) is 0 Å². The smallest absolute Gasteiger partial charge is 0.211 e. The zero-order chi connectivity index (χ0) is 8.10. The van der Waals surface area contributed by atoms with Crippen LogP contribution in [0, 0.1) is 11.3 Å². The van der Waals surface area contributed by atoms with Crippen molar-refractivity contribution >= 4 is 17.4 Å². The number of nitrogens with zero attached hydrogens (tertiary/aromatic N) is 2. The van der Waals surface area contributed by atoms with Gasteiger partial charge in [0.1, 0.15) is 6.07 Å². The van der Waals surface area contributed by atoms with E-state index in [9.17, 15) is 4.79 Å². The highest BCUT2D eigenvalue weighted by Crippen LogP contribution is 2.14.